The highest BCUT2D eigenvalue weighted by molar-refractivity contribution is 7.14. The third-order valence-electron chi connectivity index (χ3n) is 1.83. The third-order valence-corrected chi connectivity index (χ3v) is 2.81. The molecular weight excluding hydrogens is 256 g/mol. The van der Waals surface area contributed by atoms with Gasteiger partial charge in [0.15, 0.2) is 4.47 Å². The molecule has 84 valence electrons. The highest BCUT2D eigenvalue weighted by Gasteiger charge is 2.07. The molecule has 2 nitrogen and oxygen atoms in total. The van der Waals surface area contributed by atoms with Crippen LogP contribution in [0.15, 0.2) is 29.6 Å². The Morgan fingerprint density at radius 3 is 2.81 bits per heavy atom. The number of halogens is 3. The van der Waals surface area contributed by atoms with Gasteiger partial charge < -0.3 is 4.74 Å². The predicted octanol–water partition coefficient (Wildman–Crippen LogP) is 4.06. The maximum absolute atomic E-state index is 12.0. The van der Waals surface area contributed by atoms with Gasteiger partial charge in [-0.3, -0.25) is 0 Å². The van der Waals surface area contributed by atoms with Gasteiger partial charge >= 0.3 is 6.61 Å². The summed E-state index contributed by atoms with van der Waals surface area (Å²) in [5.74, 6) is 0.108. The molecule has 6 heteroatoms. The first-order valence-corrected chi connectivity index (χ1v) is 5.57. The average Bonchev–Trinajstić information content (AvgIpc) is 2.64. The summed E-state index contributed by atoms with van der Waals surface area (Å²) in [6.45, 7) is -2.82. The van der Waals surface area contributed by atoms with E-state index in [4.69, 9.17) is 11.6 Å². The molecule has 1 heterocycles. The predicted molar refractivity (Wildman–Crippen MR) is 59.2 cm³/mol. The summed E-state index contributed by atoms with van der Waals surface area (Å²) in [5, 5.41) is 1.75. The number of benzene rings is 1. The van der Waals surface area contributed by atoms with Gasteiger partial charge in [0.2, 0.25) is 0 Å². The van der Waals surface area contributed by atoms with Crippen LogP contribution in [0.2, 0.25) is 4.47 Å². The minimum absolute atomic E-state index is 0.108. The first-order chi connectivity index (χ1) is 7.65. The summed E-state index contributed by atoms with van der Waals surface area (Å²) in [6, 6.07) is 6.34. The van der Waals surface area contributed by atoms with E-state index >= 15 is 0 Å². The summed E-state index contributed by atoms with van der Waals surface area (Å²) < 4.78 is 28.7. The lowest BCUT2D eigenvalue weighted by atomic mass is 10.2. The van der Waals surface area contributed by atoms with Crippen LogP contribution in [0.3, 0.4) is 0 Å². The number of hydrogen-bond donors (Lipinski definition) is 0. The van der Waals surface area contributed by atoms with Gasteiger partial charge in [0.25, 0.3) is 0 Å². The Kier molecular flexibility index (Phi) is 3.36. The number of nitrogens with zero attached hydrogens (tertiary/aromatic N) is 1. The van der Waals surface area contributed by atoms with E-state index in [0.717, 1.165) is 0 Å². The van der Waals surface area contributed by atoms with Gasteiger partial charge in [-0.1, -0.05) is 23.7 Å². The fourth-order valence-corrected chi connectivity index (χ4v) is 1.99. The van der Waals surface area contributed by atoms with Gasteiger partial charge in [0.05, 0.1) is 5.69 Å². The number of thiazole rings is 1. The van der Waals surface area contributed by atoms with E-state index in [0.29, 0.717) is 15.7 Å². The third kappa shape index (κ3) is 2.68. The Balaban J connectivity index is 2.28. The number of hydrogen-bond acceptors (Lipinski definition) is 3. The molecule has 0 aliphatic heterocycles. The zero-order valence-electron chi connectivity index (χ0n) is 7.86. The Hall–Kier alpha value is -1.20. The minimum Gasteiger partial charge on any atom is -0.435 e. The molecule has 0 fully saturated rings. The van der Waals surface area contributed by atoms with Crippen molar-refractivity contribution in [2.45, 2.75) is 6.61 Å². The van der Waals surface area contributed by atoms with Crippen LogP contribution in [0.4, 0.5) is 8.78 Å². The highest BCUT2D eigenvalue weighted by atomic mass is 35.5. The number of aromatic nitrogens is 1. The first kappa shape index (κ1) is 11.3. The van der Waals surface area contributed by atoms with Gasteiger partial charge in [0, 0.05) is 10.9 Å². The summed E-state index contributed by atoms with van der Waals surface area (Å²) in [6.07, 6.45) is 0. The molecule has 0 amide bonds. The molecule has 2 aromatic rings. The molecule has 0 aliphatic rings. The summed E-state index contributed by atoms with van der Waals surface area (Å²) in [4.78, 5) is 4.04. The molecular formula is C10H6ClF2NOS. The fraction of sp³-hybridized carbons (Fsp3) is 0.100. The fourth-order valence-electron chi connectivity index (χ4n) is 1.22. The van der Waals surface area contributed by atoms with Crippen molar-refractivity contribution in [1.29, 1.82) is 0 Å². The van der Waals surface area contributed by atoms with Crippen LogP contribution in [-0.2, 0) is 0 Å². The quantitative estimate of drug-likeness (QED) is 0.831. The van der Waals surface area contributed by atoms with Crippen molar-refractivity contribution in [3.63, 3.8) is 0 Å². The summed E-state index contributed by atoms with van der Waals surface area (Å²) >= 11 is 6.97. The van der Waals surface area contributed by atoms with Gasteiger partial charge in [-0.25, -0.2) is 4.98 Å². The van der Waals surface area contributed by atoms with Gasteiger partial charge in [-0.15, -0.1) is 11.3 Å². The SMILES string of the molecule is FC(F)Oc1cccc(-c2csc(Cl)n2)c1. The van der Waals surface area contributed by atoms with Crippen molar-refractivity contribution >= 4 is 22.9 Å². The van der Waals surface area contributed by atoms with Crippen LogP contribution >= 0.6 is 22.9 Å². The van der Waals surface area contributed by atoms with Crippen LogP contribution in [0.1, 0.15) is 0 Å². The maximum atomic E-state index is 12.0. The van der Waals surface area contributed by atoms with E-state index in [1.54, 1.807) is 17.5 Å². The van der Waals surface area contributed by atoms with E-state index < -0.39 is 6.61 Å². The van der Waals surface area contributed by atoms with Gasteiger partial charge in [-0.05, 0) is 12.1 Å². The Morgan fingerprint density at radius 2 is 2.19 bits per heavy atom. The van der Waals surface area contributed by atoms with E-state index in [1.807, 2.05) is 0 Å². The average molecular weight is 262 g/mol. The van der Waals surface area contributed by atoms with Crippen molar-refractivity contribution in [3.8, 4) is 17.0 Å². The molecule has 0 saturated heterocycles. The normalized spacial score (nSPS) is 10.8. The Labute approximate surface area is 99.5 Å². The van der Waals surface area contributed by atoms with Crippen molar-refractivity contribution in [2.75, 3.05) is 0 Å². The molecule has 1 aromatic heterocycles. The second kappa shape index (κ2) is 4.76. The zero-order chi connectivity index (χ0) is 11.5. The van der Waals surface area contributed by atoms with Gasteiger partial charge in [0.1, 0.15) is 5.75 Å². The smallest absolute Gasteiger partial charge is 0.387 e. The number of rotatable bonds is 3. The molecule has 0 atom stereocenters. The lowest BCUT2D eigenvalue weighted by Crippen LogP contribution is -2.01. The van der Waals surface area contributed by atoms with Crippen molar-refractivity contribution in [3.05, 3.63) is 34.1 Å². The molecule has 2 rings (SSSR count). The largest absolute Gasteiger partial charge is 0.435 e. The van der Waals surface area contributed by atoms with E-state index in [2.05, 4.69) is 9.72 Å². The van der Waals surface area contributed by atoms with Crippen LogP contribution in [0.5, 0.6) is 5.75 Å². The summed E-state index contributed by atoms with van der Waals surface area (Å²) in [5.41, 5.74) is 1.34. The standard InChI is InChI=1S/C10H6ClF2NOS/c11-9-14-8(5-16-9)6-2-1-3-7(4-6)15-10(12)13/h1-5,10H. The summed E-state index contributed by atoms with van der Waals surface area (Å²) in [7, 11) is 0. The molecule has 0 radical (unpaired) electrons. The molecule has 16 heavy (non-hydrogen) atoms. The number of alkyl halides is 2. The van der Waals surface area contributed by atoms with Crippen LogP contribution < -0.4 is 4.74 Å². The minimum atomic E-state index is -2.82. The molecule has 0 spiro atoms. The van der Waals surface area contributed by atoms with Crippen LogP contribution in [0, 0.1) is 0 Å². The molecule has 1 aromatic carbocycles. The van der Waals surface area contributed by atoms with E-state index in [9.17, 15) is 8.78 Å². The lowest BCUT2D eigenvalue weighted by Gasteiger charge is -2.05. The van der Waals surface area contributed by atoms with E-state index in [-0.39, 0.29) is 5.75 Å². The maximum Gasteiger partial charge on any atom is 0.387 e. The molecule has 0 N–H and O–H groups in total. The Bertz CT molecular complexity index is 489. The molecule has 0 bridgehead atoms. The van der Waals surface area contributed by atoms with Crippen LogP contribution in [-0.4, -0.2) is 11.6 Å². The molecule has 0 unspecified atom stereocenters. The molecule has 0 aliphatic carbocycles. The lowest BCUT2D eigenvalue weighted by molar-refractivity contribution is -0.0498. The van der Waals surface area contributed by atoms with Crippen LogP contribution in [0.25, 0.3) is 11.3 Å². The van der Waals surface area contributed by atoms with Gasteiger partial charge in [-0.2, -0.15) is 8.78 Å². The topological polar surface area (TPSA) is 22.1 Å². The monoisotopic (exact) mass is 261 g/mol. The number of ether oxygens (including phenoxy) is 1. The van der Waals surface area contributed by atoms with E-state index in [1.165, 1.54) is 23.5 Å². The first-order valence-electron chi connectivity index (χ1n) is 4.31. The molecule has 0 saturated carbocycles. The van der Waals surface area contributed by atoms with Crippen molar-refractivity contribution in [1.82, 2.24) is 4.98 Å². The second-order valence-corrected chi connectivity index (χ2v) is 4.33. The second-order valence-electron chi connectivity index (χ2n) is 2.89. The Morgan fingerprint density at radius 1 is 1.38 bits per heavy atom. The van der Waals surface area contributed by atoms with Crippen molar-refractivity contribution < 1.29 is 13.5 Å². The highest BCUT2D eigenvalue weighted by Crippen LogP contribution is 2.27. The zero-order valence-corrected chi connectivity index (χ0v) is 9.43. The van der Waals surface area contributed by atoms with Crippen molar-refractivity contribution in [2.24, 2.45) is 0 Å².